The monoisotopic (exact) mass is 1140 g/mol. The van der Waals surface area contributed by atoms with E-state index in [1.54, 1.807) is 11.3 Å². The van der Waals surface area contributed by atoms with E-state index in [1.165, 1.54) is 118 Å². The Morgan fingerprint density at radius 1 is 0.963 bits per heavy atom. The summed E-state index contributed by atoms with van der Waals surface area (Å²) in [6, 6.07) is 13.6. The van der Waals surface area contributed by atoms with E-state index in [9.17, 15) is 0 Å². The van der Waals surface area contributed by atoms with Gasteiger partial charge >= 0.3 is 29.6 Å². The number of thiazole rings is 1. The first kappa shape index (κ1) is 70.0. The quantitative estimate of drug-likeness (QED) is 0.0266. The van der Waals surface area contributed by atoms with Crippen molar-refractivity contribution in [2.24, 2.45) is 23.2 Å². The van der Waals surface area contributed by atoms with Crippen molar-refractivity contribution in [1.29, 1.82) is 0 Å². The van der Waals surface area contributed by atoms with Crippen LogP contribution in [0.5, 0.6) is 0 Å². The third-order valence-corrected chi connectivity index (χ3v) is 18.1. The number of piperazine rings is 1. The first-order chi connectivity index (χ1) is 38.5. The molecule has 1 saturated carbocycles. The molecule has 4 saturated heterocycles. The van der Waals surface area contributed by atoms with E-state index in [-0.39, 0.29) is 41.0 Å². The molecule has 5 fully saturated rings. The number of benzene rings is 1. The second kappa shape index (κ2) is 35.1. The summed E-state index contributed by atoms with van der Waals surface area (Å²) in [5, 5.41) is 8.73. The fourth-order valence-corrected chi connectivity index (χ4v) is 13.7. The van der Waals surface area contributed by atoms with Crippen molar-refractivity contribution in [3.05, 3.63) is 108 Å². The Morgan fingerprint density at radius 3 is 2.20 bits per heavy atom. The topological polar surface area (TPSA) is 72.3 Å². The molecule has 13 heteroatoms. The van der Waals surface area contributed by atoms with Crippen molar-refractivity contribution in [2.75, 3.05) is 109 Å². The minimum atomic E-state index is 0. The maximum Gasteiger partial charge on any atom is 1.00 e. The van der Waals surface area contributed by atoms with E-state index in [1.807, 2.05) is 13.1 Å². The molecule has 11 nitrogen and oxygen atoms in total. The Labute approximate surface area is 521 Å². The van der Waals surface area contributed by atoms with Crippen LogP contribution in [0.1, 0.15) is 143 Å². The van der Waals surface area contributed by atoms with Gasteiger partial charge in [-0.1, -0.05) is 90.1 Å². The van der Waals surface area contributed by atoms with Gasteiger partial charge in [0.2, 0.25) is 0 Å². The zero-order valence-electron chi connectivity index (χ0n) is 53.6. The molecule has 0 bridgehead atoms. The number of likely N-dealkylation sites (N-methyl/N-ethyl adjacent to an activating group) is 3. The fourth-order valence-electron chi connectivity index (χ4n) is 12.8. The molecule has 6 atom stereocenters. The van der Waals surface area contributed by atoms with Crippen molar-refractivity contribution in [3.63, 3.8) is 0 Å². The van der Waals surface area contributed by atoms with Gasteiger partial charge in [0.05, 0.1) is 16.7 Å². The molecular formula is C68H110N11NaS. The Balaban J connectivity index is 0.000000342. The molecular weight excluding hydrogens is 1030 g/mol. The van der Waals surface area contributed by atoms with Gasteiger partial charge in [0.15, 0.2) is 0 Å². The van der Waals surface area contributed by atoms with Gasteiger partial charge in [-0.25, -0.2) is 16.4 Å². The molecule has 1 aliphatic carbocycles. The van der Waals surface area contributed by atoms with Crippen molar-refractivity contribution < 1.29 is 29.6 Å². The maximum atomic E-state index is 5.07. The minimum Gasteiger partial charge on any atom is -0.374 e. The van der Waals surface area contributed by atoms with Gasteiger partial charge < -0.3 is 20.0 Å². The number of hydrogen-bond acceptors (Lipinski definition) is 12. The second-order valence-electron chi connectivity index (χ2n) is 24.3. The maximum absolute atomic E-state index is 5.07. The minimum absolute atomic E-state index is 0. The Morgan fingerprint density at radius 2 is 1.67 bits per heavy atom. The number of terminal acetylenes is 1. The second-order valence-corrected chi connectivity index (χ2v) is 25.3. The SMILES string of the molecule is C#C.C=CC(C(C)C)N1CCC(CN(CC)C(=C)C2C(C3CC3)N2C)C1.C=CC(Cc1nc(-c2ccc(N(CC)/C(=C(\C)CC(C)(C)CCC)c3cc(N4CCN(CCC)CC4)cnc3[CH-]C)cc2)cs1)NC.CN1CCCCN1.[Na+]. The van der Waals surface area contributed by atoms with Crippen LogP contribution in [0.3, 0.4) is 0 Å². The van der Waals surface area contributed by atoms with Crippen LogP contribution in [0.2, 0.25) is 0 Å². The standard InChI is InChI=1S/C40H59N6S.C21H37N3.C5H12N2.C2H2.Na/c1-10-19-40(7,8)27-30(6)39(35-26-34(28-42-36(35)13-4)45-23-21-44(20-11-2)22-24-45)46(14-5)33-17-15-31(16-18-33)37-29-47-38(43-37)25-32(12-3)41-9;1-7-19(15(3)4)24-12-11-17(14-24)13-23(8-2)16(5)20-21(22(20)6)18-9-10-18;1-7-5-3-2-4-6-7;1-2;/h12-13,15-18,26,28-29,32,41H,3,10-11,14,19-25,27H2,1-2,4-9H3;7,15,17-21H,1,5,8-14H2,2-4,6H3;6H,2-5H2,1H3;1-2H;/q-1;;;;+1/b39-30+;;;;. The first-order valence-corrected chi connectivity index (χ1v) is 31.8. The van der Waals surface area contributed by atoms with Crippen LogP contribution in [0.15, 0.2) is 85.1 Å². The summed E-state index contributed by atoms with van der Waals surface area (Å²) in [5.41, 5.74) is 14.4. The zero-order chi connectivity index (χ0) is 58.5. The molecule has 1 aromatic carbocycles. The van der Waals surface area contributed by atoms with Gasteiger partial charge in [0.25, 0.3) is 0 Å². The zero-order valence-corrected chi connectivity index (χ0v) is 56.4. The molecule has 81 heavy (non-hydrogen) atoms. The molecule has 2 N–H and O–H groups in total. The Bertz CT molecular complexity index is 2380. The molecule has 2 aromatic heterocycles. The smallest absolute Gasteiger partial charge is 0.374 e. The van der Waals surface area contributed by atoms with Crippen LogP contribution in [0.4, 0.5) is 11.4 Å². The molecule has 3 aromatic rings. The number of nitrogens with zero attached hydrogens (tertiary/aromatic N) is 9. The van der Waals surface area contributed by atoms with Crippen LogP contribution in [-0.4, -0.2) is 158 Å². The average Bonchev–Trinajstić information content (AvgIpc) is 4.48. The number of anilines is 2. The van der Waals surface area contributed by atoms with E-state index in [0.29, 0.717) is 18.0 Å². The van der Waals surface area contributed by atoms with Crippen molar-refractivity contribution in [2.45, 2.75) is 158 Å². The normalized spacial score (nSPS) is 21.3. The molecule has 0 amide bonds. The summed E-state index contributed by atoms with van der Waals surface area (Å²) >= 11 is 1.72. The molecule has 6 unspecified atom stereocenters. The van der Waals surface area contributed by atoms with Crippen LogP contribution in [-0.2, 0) is 6.42 Å². The van der Waals surface area contributed by atoms with E-state index >= 15 is 0 Å². The largest absolute Gasteiger partial charge is 1.00 e. The predicted octanol–water partition coefficient (Wildman–Crippen LogP) is 10.0. The number of hydrazine groups is 1. The van der Waals surface area contributed by atoms with Gasteiger partial charge in [-0.2, -0.15) is 0 Å². The van der Waals surface area contributed by atoms with E-state index < -0.39 is 0 Å². The summed E-state index contributed by atoms with van der Waals surface area (Å²) in [4.78, 5) is 25.4. The van der Waals surface area contributed by atoms with Crippen molar-refractivity contribution in [1.82, 2.24) is 45.3 Å². The van der Waals surface area contributed by atoms with Crippen molar-refractivity contribution >= 4 is 28.4 Å². The number of nitrogens with one attached hydrogen (secondary N) is 2. The number of allylic oxidation sites excluding steroid dienone is 1. The van der Waals surface area contributed by atoms with Crippen LogP contribution < -0.4 is 50.1 Å². The van der Waals surface area contributed by atoms with Crippen molar-refractivity contribution in [3.8, 4) is 24.1 Å². The van der Waals surface area contributed by atoms with Crippen LogP contribution in [0.25, 0.3) is 17.0 Å². The Hall–Kier alpha value is -3.45. The van der Waals surface area contributed by atoms with Gasteiger partial charge in [-0.15, -0.1) is 55.9 Å². The number of rotatable bonds is 26. The number of pyridine rings is 1. The third kappa shape index (κ3) is 20.4. The van der Waals surface area contributed by atoms with E-state index in [4.69, 9.17) is 9.97 Å². The number of likely N-dealkylation sites (tertiary alicyclic amines) is 1. The van der Waals surface area contributed by atoms with Crippen LogP contribution >= 0.6 is 11.3 Å². The summed E-state index contributed by atoms with van der Waals surface area (Å²) in [5.74, 6) is 2.38. The van der Waals surface area contributed by atoms with Gasteiger partial charge in [0.1, 0.15) is 0 Å². The van der Waals surface area contributed by atoms with E-state index in [2.05, 4.69) is 215 Å². The molecule has 6 heterocycles. The summed E-state index contributed by atoms with van der Waals surface area (Å²) in [6.45, 7) is 48.9. The summed E-state index contributed by atoms with van der Waals surface area (Å²) in [7, 11) is 6.33. The third-order valence-electron chi connectivity index (χ3n) is 17.3. The predicted molar refractivity (Wildman–Crippen MR) is 348 cm³/mol. The summed E-state index contributed by atoms with van der Waals surface area (Å²) in [6.07, 6.45) is 28.7. The van der Waals surface area contributed by atoms with Gasteiger partial charge in [0, 0.05) is 131 Å². The molecule has 0 radical (unpaired) electrons. The van der Waals surface area contributed by atoms with E-state index in [0.717, 1.165) is 98.5 Å². The van der Waals surface area contributed by atoms with Gasteiger partial charge in [-0.05, 0) is 140 Å². The molecule has 0 spiro atoms. The Kier molecular flexibility index (Phi) is 30.4. The average molecular weight is 1140 g/mol. The number of aromatic nitrogens is 2. The summed E-state index contributed by atoms with van der Waals surface area (Å²) < 4.78 is 0. The number of hydrogen-bond donors (Lipinski definition) is 2. The van der Waals surface area contributed by atoms with Gasteiger partial charge in [-0.3, -0.25) is 25.1 Å². The molecule has 8 rings (SSSR count). The molecule has 5 aliphatic rings. The molecule has 444 valence electrons. The molecule has 4 aliphatic heterocycles. The van der Waals surface area contributed by atoms with Crippen LogP contribution in [0, 0.1) is 42.4 Å². The first-order valence-electron chi connectivity index (χ1n) is 30.9. The fraction of sp³-hybridized carbons (Fsp3) is 0.632.